The van der Waals surface area contributed by atoms with Crippen LogP contribution in [0.3, 0.4) is 0 Å². The monoisotopic (exact) mass is 283 g/mol. The molecule has 0 spiro atoms. The van der Waals surface area contributed by atoms with E-state index in [0.29, 0.717) is 30.2 Å². The van der Waals surface area contributed by atoms with Crippen molar-refractivity contribution in [2.24, 2.45) is 0 Å². The first-order chi connectivity index (χ1) is 9.15. The zero-order valence-corrected chi connectivity index (χ0v) is 11.6. The first-order valence-electron chi connectivity index (χ1n) is 6.19. The zero-order valence-electron chi connectivity index (χ0n) is 10.8. The molecule has 5 nitrogen and oxygen atoms in total. The van der Waals surface area contributed by atoms with Crippen molar-refractivity contribution >= 4 is 23.5 Å². The lowest BCUT2D eigenvalue weighted by Gasteiger charge is -2.08. The number of benzene rings is 1. The molecule has 1 rings (SSSR count). The molecule has 0 atom stereocenters. The van der Waals surface area contributed by atoms with Gasteiger partial charge in [0.15, 0.2) is 0 Å². The summed E-state index contributed by atoms with van der Waals surface area (Å²) in [6.45, 7) is 3.33. The van der Waals surface area contributed by atoms with Crippen molar-refractivity contribution in [1.29, 1.82) is 0 Å². The fraction of sp³-hybridized carbons (Fsp3) is 0.385. The lowest BCUT2D eigenvalue weighted by molar-refractivity contribution is 0.0954. The van der Waals surface area contributed by atoms with Gasteiger partial charge in [-0.25, -0.2) is 4.79 Å². The van der Waals surface area contributed by atoms with Crippen LogP contribution in [0.5, 0.6) is 0 Å². The van der Waals surface area contributed by atoms with Gasteiger partial charge in [0.1, 0.15) is 0 Å². The smallest absolute Gasteiger partial charge is 0.314 e. The van der Waals surface area contributed by atoms with Crippen LogP contribution in [0.4, 0.5) is 4.79 Å². The minimum Gasteiger partial charge on any atom is -0.350 e. The van der Waals surface area contributed by atoms with Crippen LogP contribution in [0.15, 0.2) is 24.3 Å². The van der Waals surface area contributed by atoms with E-state index in [1.54, 1.807) is 24.3 Å². The van der Waals surface area contributed by atoms with E-state index in [4.69, 9.17) is 11.6 Å². The lowest BCUT2D eigenvalue weighted by atomic mass is 10.2. The lowest BCUT2D eigenvalue weighted by Crippen LogP contribution is -2.40. The molecule has 0 radical (unpaired) electrons. The number of amides is 3. The van der Waals surface area contributed by atoms with Crippen LogP contribution < -0.4 is 16.0 Å². The summed E-state index contributed by atoms with van der Waals surface area (Å²) in [5, 5.41) is 8.41. The SMILES string of the molecule is CCCNC(=O)NCCNC(=O)c1ccccc1Cl. The fourth-order valence-corrected chi connectivity index (χ4v) is 1.62. The number of carbonyl (C=O) groups excluding carboxylic acids is 2. The maximum atomic E-state index is 11.8. The van der Waals surface area contributed by atoms with Gasteiger partial charge >= 0.3 is 6.03 Å². The van der Waals surface area contributed by atoms with E-state index in [2.05, 4.69) is 16.0 Å². The second-order valence-electron chi connectivity index (χ2n) is 3.92. The molecule has 0 aliphatic heterocycles. The van der Waals surface area contributed by atoms with E-state index in [1.165, 1.54) is 0 Å². The van der Waals surface area contributed by atoms with E-state index in [-0.39, 0.29) is 11.9 Å². The predicted molar refractivity (Wildman–Crippen MR) is 75.5 cm³/mol. The summed E-state index contributed by atoms with van der Waals surface area (Å²) in [5.74, 6) is -0.249. The molecule has 0 saturated carbocycles. The van der Waals surface area contributed by atoms with Crippen LogP contribution >= 0.6 is 11.6 Å². The van der Waals surface area contributed by atoms with E-state index < -0.39 is 0 Å². The molecule has 1 aromatic rings. The van der Waals surface area contributed by atoms with Crippen molar-refractivity contribution in [2.45, 2.75) is 13.3 Å². The maximum Gasteiger partial charge on any atom is 0.314 e. The highest BCUT2D eigenvalue weighted by molar-refractivity contribution is 6.33. The Balaban J connectivity index is 2.25. The van der Waals surface area contributed by atoms with Gasteiger partial charge in [0, 0.05) is 19.6 Å². The molecule has 0 aliphatic rings. The number of carbonyl (C=O) groups is 2. The van der Waals surface area contributed by atoms with Crippen LogP contribution in [-0.4, -0.2) is 31.6 Å². The molecule has 0 fully saturated rings. The summed E-state index contributed by atoms with van der Waals surface area (Å²) in [4.78, 5) is 23.0. The Morgan fingerprint density at radius 3 is 2.37 bits per heavy atom. The van der Waals surface area contributed by atoms with Crippen LogP contribution in [0.2, 0.25) is 5.02 Å². The molecule has 6 heteroatoms. The molecule has 104 valence electrons. The highest BCUT2D eigenvalue weighted by Gasteiger charge is 2.08. The Labute approximate surface area is 117 Å². The second kappa shape index (κ2) is 8.37. The molecule has 1 aromatic carbocycles. The normalized spacial score (nSPS) is 9.79. The number of nitrogens with one attached hydrogen (secondary N) is 3. The Hall–Kier alpha value is -1.75. The van der Waals surface area contributed by atoms with Gasteiger partial charge in [-0.1, -0.05) is 30.7 Å². The number of urea groups is 1. The predicted octanol–water partition coefficient (Wildman–Crippen LogP) is 1.78. The van der Waals surface area contributed by atoms with Gasteiger partial charge in [-0.2, -0.15) is 0 Å². The molecule has 0 saturated heterocycles. The first kappa shape index (κ1) is 15.3. The van der Waals surface area contributed by atoms with Crippen LogP contribution in [-0.2, 0) is 0 Å². The van der Waals surface area contributed by atoms with Gasteiger partial charge in [-0.3, -0.25) is 4.79 Å². The topological polar surface area (TPSA) is 70.2 Å². The molecule has 0 unspecified atom stereocenters. The van der Waals surface area contributed by atoms with E-state index in [1.807, 2.05) is 6.92 Å². The van der Waals surface area contributed by atoms with Gasteiger partial charge in [-0.15, -0.1) is 0 Å². The standard InChI is InChI=1S/C13H18ClN3O2/c1-2-7-16-13(19)17-9-8-15-12(18)10-5-3-4-6-11(10)14/h3-6H,2,7-9H2,1H3,(H,15,18)(H2,16,17,19). The van der Waals surface area contributed by atoms with E-state index >= 15 is 0 Å². The summed E-state index contributed by atoms with van der Waals surface area (Å²) >= 11 is 5.90. The number of rotatable bonds is 6. The van der Waals surface area contributed by atoms with E-state index in [9.17, 15) is 9.59 Å². The quantitative estimate of drug-likeness (QED) is 0.697. The average Bonchev–Trinajstić information content (AvgIpc) is 2.41. The third-order valence-corrected chi connectivity index (χ3v) is 2.68. The molecule has 0 aliphatic carbocycles. The Morgan fingerprint density at radius 2 is 1.68 bits per heavy atom. The summed E-state index contributed by atoms with van der Waals surface area (Å²) in [6.07, 6.45) is 0.886. The average molecular weight is 284 g/mol. The molecule has 0 heterocycles. The van der Waals surface area contributed by atoms with Crippen LogP contribution in [0.25, 0.3) is 0 Å². The number of hydrogen-bond donors (Lipinski definition) is 3. The first-order valence-corrected chi connectivity index (χ1v) is 6.57. The van der Waals surface area contributed by atoms with Crippen molar-refractivity contribution in [3.05, 3.63) is 34.9 Å². The van der Waals surface area contributed by atoms with Crippen molar-refractivity contribution in [2.75, 3.05) is 19.6 Å². The highest BCUT2D eigenvalue weighted by atomic mass is 35.5. The van der Waals surface area contributed by atoms with E-state index in [0.717, 1.165) is 6.42 Å². The van der Waals surface area contributed by atoms with Crippen LogP contribution in [0.1, 0.15) is 23.7 Å². The molecule has 3 N–H and O–H groups in total. The zero-order chi connectivity index (χ0) is 14.1. The summed E-state index contributed by atoms with van der Waals surface area (Å²) in [5.41, 5.74) is 0.430. The van der Waals surface area contributed by atoms with Crippen molar-refractivity contribution in [3.63, 3.8) is 0 Å². The summed E-state index contributed by atoms with van der Waals surface area (Å²) in [7, 11) is 0. The molecule has 19 heavy (non-hydrogen) atoms. The minimum absolute atomic E-state index is 0.228. The van der Waals surface area contributed by atoms with Crippen molar-refractivity contribution in [1.82, 2.24) is 16.0 Å². The number of hydrogen-bond acceptors (Lipinski definition) is 2. The third kappa shape index (κ3) is 5.61. The largest absolute Gasteiger partial charge is 0.350 e. The Bertz CT molecular complexity index is 438. The van der Waals surface area contributed by atoms with Gasteiger partial charge in [-0.05, 0) is 18.6 Å². The third-order valence-electron chi connectivity index (χ3n) is 2.35. The minimum atomic E-state index is -0.249. The van der Waals surface area contributed by atoms with Crippen molar-refractivity contribution < 1.29 is 9.59 Å². The second-order valence-corrected chi connectivity index (χ2v) is 4.33. The summed E-state index contributed by atoms with van der Waals surface area (Å²) in [6, 6.07) is 6.59. The van der Waals surface area contributed by atoms with Crippen LogP contribution in [0, 0.1) is 0 Å². The van der Waals surface area contributed by atoms with Gasteiger partial charge in [0.2, 0.25) is 0 Å². The molecular weight excluding hydrogens is 266 g/mol. The van der Waals surface area contributed by atoms with Crippen molar-refractivity contribution in [3.8, 4) is 0 Å². The molecular formula is C13H18ClN3O2. The highest BCUT2D eigenvalue weighted by Crippen LogP contribution is 2.14. The Kier molecular flexibility index (Phi) is 6.74. The fourth-order valence-electron chi connectivity index (χ4n) is 1.39. The molecule has 0 aromatic heterocycles. The van der Waals surface area contributed by atoms with Gasteiger partial charge < -0.3 is 16.0 Å². The van der Waals surface area contributed by atoms with Gasteiger partial charge in [0.05, 0.1) is 10.6 Å². The Morgan fingerprint density at radius 1 is 1.05 bits per heavy atom. The summed E-state index contributed by atoms with van der Waals surface area (Å²) < 4.78 is 0. The number of halogens is 1. The maximum absolute atomic E-state index is 11.8. The molecule has 0 bridgehead atoms. The molecule has 3 amide bonds. The van der Waals surface area contributed by atoms with Gasteiger partial charge in [0.25, 0.3) is 5.91 Å².